The maximum atomic E-state index is 5.97. The van der Waals surface area contributed by atoms with E-state index in [0.29, 0.717) is 5.11 Å². The number of para-hydroxylation sites is 1. The van der Waals surface area contributed by atoms with Crippen LogP contribution in [0.25, 0.3) is 5.69 Å². The van der Waals surface area contributed by atoms with Gasteiger partial charge in [-0.2, -0.15) is 0 Å². The Kier molecular flexibility index (Phi) is 6.41. The Labute approximate surface area is 217 Å². The molecule has 3 heterocycles. The molecular formula is C29H30N4O2S. The van der Waals surface area contributed by atoms with Crippen LogP contribution in [0.3, 0.4) is 0 Å². The number of anilines is 1. The van der Waals surface area contributed by atoms with Crippen LogP contribution in [0.15, 0.2) is 72.9 Å². The van der Waals surface area contributed by atoms with Crippen LogP contribution in [-0.2, 0) is 0 Å². The molecule has 0 saturated carbocycles. The number of thiocarbonyl (C=S) groups is 1. The first kappa shape index (κ1) is 23.9. The molecule has 36 heavy (non-hydrogen) atoms. The van der Waals surface area contributed by atoms with E-state index in [1.165, 1.54) is 22.5 Å². The Morgan fingerprint density at radius 2 is 1.64 bits per heavy atom. The largest absolute Gasteiger partial charge is 0.497 e. The van der Waals surface area contributed by atoms with Gasteiger partial charge in [-0.3, -0.25) is 4.98 Å². The summed E-state index contributed by atoms with van der Waals surface area (Å²) in [6.45, 7) is 6.54. The Balaban J connectivity index is 1.76. The first-order valence-electron chi connectivity index (χ1n) is 11.9. The fraction of sp³-hybridized carbons (Fsp3) is 0.241. The zero-order chi connectivity index (χ0) is 25.4. The molecule has 6 nitrogen and oxygen atoms in total. The zero-order valence-electron chi connectivity index (χ0n) is 21.1. The highest BCUT2D eigenvalue weighted by molar-refractivity contribution is 7.80. The third-order valence-electron chi connectivity index (χ3n) is 7.06. The number of hydrogen-bond acceptors (Lipinski definition) is 4. The Morgan fingerprint density at radius 1 is 0.889 bits per heavy atom. The van der Waals surface area contributed by atoms with Gasteiger partial charge in [-0.25, -0.2) is 0 Å². The van der Waals surface area contributed by atoms with Gasteiger partial charge in [0.15, 0.2) is 5.11 Å². The Hall–Kier alpha value is -3.84. The van der Waals surface area contributed by atoms with Gasteiger partial charge in [0.05, 0.1) is 37.7 Å². The van der Waals surface area contributed by atoms with E-state index in [1.54, 1.807) is 14.2 Å². The van der Waals surface area contributed by atoms with E-state index in [-0.39, 0.29) is 12.1 Å². The lowest BCUT2D eigenvalue weighted by atomic mass is 9.93. The van der Waals surface area contributed by atoms with E-state index in [2.05, 4.69) is 59.8 Å². The number of hydrogen-bond donors (Lipinski definition) is 1. The second-order valence-corrected chi connectivity index (χ2v) is 9.30. The summed E-state index contributed by atoms with van der Waals surface area (Å²) in [5, 5.41) is 4.19. The number of nitrogens with zero attached hydrogens (tertiary/aromatic N) is 3. The van der Waals surface area contributed by atoms with E-state index >= 15 is 0 Å². The van der Waals surface area contributed by atoms with E-state index in [0.717, 1.165) is 28.6 Å². The van der Waals surface area contributed by atoms with Crippen molar-refractivity contribution in [1.29, 1.82) is 0 Å². The first-order valence-corrected chi connectivity index (χ1v) is 12.3. The molecule has 1 saturated heterocycles. The van der Waals surface area contributed by atoms with Crippen molar-refractivity contribution >= 4 is 23.0 Å². The number of ether oxygens (including phenoxy) is 2. The van der Waals surface area contributed by atoms with Crippen molar-refractivity contribution in [2.24, 2.45) is 0 Å². The van der Waals surface area contributed by atoms with Crippen molar-refractivity contribution in [3.05, 3.63) is 101 Å². The molecule has 2 aromatic carbocycles. The van der Waals surface area contributed by atoms with Crippen LogP contribution in [0.4, 0.5) is 5.69 Å². The number of nitrogens with one attached hydrogen (secondary N) is 1. The second kappa shape index (κ2) is 9.66. The summed E-state index contributed by atoms with van der Waals surface area (Å²) < 4.78 is 13.7. The van der Waals surface area contributed by atoms with Crippen molar-refractivity contribution in [2.45, 2.75) is 32.9 Å². The molecule has 5 rings (SSSR count). The molecule has 1 N–H and O–H groups in total. The van der Waals surface area contributed by atoms with Crippen molar-refractivity contribution in [2.75, 3.05) is 19.1 Å². The average molecular weight is 499 g/mol. The predicted octanol–water partition coefficient (Wildman–Crippen LogP) is 5.99. The molecule has 0 spiro atoms. The summed E-state index contributed by atoms with van der Waals surface area (Å²) in [7, 11) is 3.34. The molecule has 1 fully saturated rings. The molecule has 1 aliphatic heterocycles. The van der Waals surface area contributed by atoms with Crippen LogP contribution in [0, 0.1) is 20.8 Å². The van der Waals surface area contributed by atoms with Gasteiger partial charge in [-0.05, 0) is 75.0 Å². The topological polar surface area (TPSA) is 51.6 Å². The molecule has 1 aliphatic rings. The van der Waals surface area contributed by atoms with Gasteiger partial charge >= 0.3 is 0 Å². The highest BCUT2D eigenvalue weighted by atomic mass is 32.1. The molecule has 2 aromatic heterocycles. The highest BCUT2D eigenvalue weighted by Crippen LogP contribution is 2.48. The average Bonchev–Trinajstić information content (AvgIpc) is 3.36. The molecule has 7 heteroatoms. The normalized spacial score (nSPS) is 17.2. The van der Waals surface area contributed by atoms with Gasteiger partial charge in [0.1, 0.15) is 11.5 Å². The van der Waals surface area contributed by atoms with Gasteiger partial charge in [0.2, 0.25) is 0 Å². The minimum Gasteiger partial charge on any atom is -0.497 e. The Bertz CT molecular complexity index is 1400. The van der Waals surface area contributed by atoms with E-state index in [9.17, 15) is 0 Å². The van der Waals surface area contributed by atoms with Crippen molar-refractivity contribution in [3.63, 3.8) is 0 Å². The van der Waals surface area contributed by atoms with Gasteiger partial charge in [0, 0.05) is 34.9 Å². The Morgan fingerprint density at radius 3 is 2.31 bits per heavy atom. The molecule has 184 valence electrons. The smallest absolute Gasteiger partial charge is 0.174 e. The lowest BCUT2D eigenvalue weighted by Gasteiger charge is -2.30. The minimum atomic E-state index is -0.155. The van der Waals surface area contributed by atoms with Gasteiger partial charge in [-0.1, -0.05) is 24.3 Å². The number of rotatable bonds is 6. The fourth-order valence-electron chi connectivity index (χ4n) is 5.30. The van der Waals surface area contributed by atoms with Crippen LogP contribution >= 0.6 is 12.2 Å². The van der Waals surface area contributed by atoms with Crippen LogP contribution in [0.1, 0.15) is 40.3 Å². The maximum absolute atomic E-state index is 5.97. The second-order valence-electron chi connectivity index (χ2n) is 8.91. The van der Waals surface area contributed by atoms with Crippen molar-refractivity contribution in [3.8, 4) is 17.2 Å². The fourth-order valence-corrected chi connectivity index (χ4v) is 5.64. The van der Waals surface area contributed by atoms with E-state index in [1.807, 2.05) is 48.7 Å². The molecule has 0 unspecified atom stereocenters. The highest BCUT2D eigenvalue weighted by Gasteiger charge is 2.44. The number of benzene rings is 2. The molecular weight excluding hydrogens is 468 g/mol. The molecule has 2 atom stereocenters. The quantitative estimate of drug-likeness (QED) is 0.330. The molecule has 0 aliphatic carbocycles. The number of pyridine rings is 1. The van der Waals surface area contributed by atoms with E-state index < -0.39 is 0 Å². The summed E-state index contributed by atoms with van der Waals surface area (Å²) in [5.74, 6) is 1.46. The third-order valence-corrected chi connectivity index (χ3v) is 7.38. The summed E-state index contributed by atoms with van der Waals surface area (Å²) >= 11 is 5.97. The van der Waals surface area contributed by atoms with Crippen LogP contribution in [0.5, 0.6) is 11.5 Å². The van der Waals surface area contributed by atoms with Crippen molar-refractivity contribution < 1.29 is 9.47 Å². The molecule has 0 radical (unpaired) electrons. The maximum Gasteiger partial charge on any atom is 0.174 e. The van der Waals surface area contributed by atoms with Gasteiger partial charge < -0.3 is 24.3 Å². The molecule has 4 aromatic rings. The third kappa shape index (κ3) is 3.89. The zero-order valence-corrected chi connectivity index (χ0v) is 22.0. The molecule has 0 bridgehead atoms. The summed E-state index contributed by atoms with van der Waals surface area (Å²) in [6, 6.07) is 21.9. The predicted molar refractivity (Wildman–Crippen MR) is 147 cm³/mol. The SMILES string of the molecule is COc1ccc(OC)c(N2C(=S)N[C@@H](c3ccccn3)[C@H]2c2c(C)c(C)n(-c3ccccc3)c2C)c1. The number of methoxy groups -OCH3 is 2. The standard InChI is InChI=1S/C29H30N4O2S/c1-18-19(2)32(21-11-7-6-8-12-21)20(3)26(18)28-27(23-13-9-10-16-30-23)31-29(36)33(28)24-17-22(34-4)14-15-25(24)35-5/h6-17,27-28H,1-5H3,(H,31,36)/t27-,28+/m0/s1. The van der Waals surface area contributed by atoms with Crippen LogP contribution in [0.2, 0.25) is 0 Å². The monoisotopic (exact) mass is 498 g/mol. The summed E-state index contributed by atoms with van der Waals surface area (Å²) in [6.07, 6.45) is 1.83. The van der Waals surface area contributed by atoms with Crippen LogP contribution in [-0.4, -0.2) is 28.9 Å². The van der Waals surface area contributed by atoms with Crippen molar-refractivity contribution in [1.82, 2.24) is 14.9 Å². The lowest BCUT2D eigenvalue weighted by molar-refractivity contribution is 0.403. The summed E-state index contributed by atoms with van der Waals surface area (Å²) in [4.78, 5) is 6.86. The van der Waals surface area contributed by atoms with E-state index in [4.69, 9.17) is 26.7 Å². The molecule has 0 amide bonds. The van der Waals surface area contributed by atoms with Crippen LogP contribution < -0.4 is 19.7 Å². The summed E-state index contributed by atoms with van der Waals surface area (Å²) in [5.41, 5.74) is 7.71. The first-order chi connectivity index (χ1) is 17.5. The van der Waals surface area contributed by atoms with Gasteiger partial charge in [-0.15, -0.1) is 0 Å². The minimum absolute atomic E-state index is 0.155. The van der Waals surface area contributed by atoms with Gasteiger partial charge in [0.25, 0.3) is 0 Å². The number of aromatic nitrogens is 2. The lowest BCUT2D eigenvalue weighted by Crippen LogP contribution is -2.30.